The molecule has 0 aliphatic carbocycles. The van der Waals surface area contributed by atoms with E-state index in [0.717, 1.165) is 12.1 Å². The minimum Gasteiger partial charge on any atom is -0.481 e. The summed E-state index contributed by atoms with van der Waals surface area (Å²) in [5.74, 6) is -2.13. The molecular weight excluding hydrogens is 371 g/mol. The summed E-state index contributed by atoms with van der Waals surface area (Å²) in [6.07, 6.45) is -4.77. The largest absolute Gasteiger partial charge is 0.481 e. The molecule has 1 fully saturated rings. The summed E-state index contributed by atoms with van der Waals surface area (Å²) < 4.78 is 38.0. The first kappa shape index (κ1) is 20.5. The molecule has 8 nitrogen and oxygen atoms in total. The Morgan fingerprint density at radius 3 is 2.56 bits per heavy atom. The standard InChI is InChI=1S/C16H18F3N3O5/c1-9-7-21(8-11(9)15(24)25)14(23)4-5-20-12-3-2-10(16(17,18)19)6-13(12)22(26)27/h2-3,6,9,11,20H,4-5,7-8H2,1H3,(H,24,25)/t9-,11-/m1/s1. The van der Waals surface area contributed by atoms with Gasteiger partial charge in [-0.3, -0.25) is 19.7 Å². The number of rotatable bonds is 6. The average molecular weight is 389 g/mol. The quantitative estimate of drug-likeness (QED) is 0.571. The van der Waals surface area contributed by atoms with Crippen LogP contribution in [-0.4, -0.2) is 46.4 Å². The third-order valence-corrected chi connectivity index (χ3v) is 4.46. The van der Waals surface area contributed by atoms with Crippen molar-refractivity contribution in [2.75, 3.05) is 25.0 Å². The van der Waals surface area contributed by atoms with Crippen molar-refractivity contribution in [2.24, 2.45) is 11.8 Å². The van der Waals surface area contributed by atoms with Crippen molar-refractivity contribution in [3.63, 3.8) is 0 Å². The van der Waals surface area contributed by atoms with Crippen molar-refractivity contribution < 1.29 is 32.8 Å². The normalized spacial score (nSPS) is 19.8. The number of likely N-dealkylation sites (tertiary alicyclic amines) is 1. The van der Waals surface area contributed by atoms with Crippen LogP contribution in [-0.2, 0) is 15.8 Å². The van der Waals surface area contributed by atoms with E-state index in [1.165, 1.54) is 4.90 Å². The van der Waals surface area contributed by atoms with E-state index in [0.29, 0.717) is 12.6 Å². The van der Waals surface area contributed by atoms with Crippen LogP contribution in [0.25, 0.3) is 0 Å². The number of carbonyl (C=O) groups is 2. The molecular formula is C16H18F3N3O5. The lowest BCUT2D eigenvalue weighted by atomic mass is 9.99. The van der Waals surface area contributed by atoms with E-state index in [-0.39, 0.29) is 37.0 Å². The third kappa shape index (κ3) is 4.86. The Labute approximate surface area is 152 Å². The van der Waals surface area contributed by atoms with Crippen LogP contribution in [0.2, 0.25) is 0 Å². The van der Waals surface area contributed by atoms with E-state index >= 15 is 0 Å². The number of nitro groups is 1. The average Bonchev–Trinajstić information content (AvgIpc) is 2.96. The van der Waals surface area contributed by atoms with E-state index in [9.17, 15) is 32.9 Å². The molecule has 0 unspecified atom stereocenters. The second-order valence-corrected chi connectivity index (χ2v) is 6.38. The van der Waals surface area contributed by atoms with Crippen molar-refractivity contribution in [1.82, 2.24) is 4.90 Å². The molecule has 0 saturated carbocycles. The van der Waals surface area contributed by atoms with Crippen LogP contribution in [0, 0.1) is 22.0 Å². The summed E-state index contributed by atoms with van der Waals surface area (Å²) in [5.41, 5.74) is -2.00. The van der Waals surface area contributed by atoms with Gasteiger partial charge in [-0.05, 0) is 18.1 Å². The number of carboxylic acids is 1. The van der Waals surface area contributed by atoms with E-state index in [4.69, 9.17) is 5.11 Å². The number of nitrogens with zero attached hydrogens (tertiary/aromatic N) is 2. The maximum Gasteiger partial charge on any atom is 0.416 e. The Morgan fingerprint density at radius 1 is 1.37 bits per heavy atom. The van der Waals surface area contributed by atoms with Crippen LogP contribution >= 0.6 is 0 Å². The van der Waals surface area contributed by atoms with Crippen LogP contribution in [0.1, 0.15) is 18.9 Å². The fourth-order valence-electron chi connectivity index (χ4n) is 2.96. The van der Waals surface area contributed by atoms with Crippen LogP contribution in [0.5, 0.6) is 0 Å². The summed E-state index contributed by atoms with van der Waals surface area (Å²) in [7, 11) is 0. The highest BCUT2D eigenvalue weighted by Crippen LogP contribution is 2.35. The minimum absolute atomic E-state index is 0.0341. The van der Waals surface area contributed by atoms with Crippen molar-refractivity contribution in [3.8, 4) is 0 Å². The molecule has 1 saturated heterocycles. The molecule has 0 bridgehead atoms. The molecule has 2 atom stereocenters. The molecule has 1 aromatic carbocycles. The first-order chi connectivity index (χ1) is 12.5. The number of anilines is 1. The van der Waals surface area contributed by atoms with E-state index in [2.05, 4.69) is 5.32 Å². The van der Waals surface area contributed by atoms with Gasteiger partial charge in [0.15, 0.2) is 0 Å². The number of nitrogens with one attached hydrogen (secondary N) is 1. The summed E-state index contributed by atoms with van der Waals surface area (Å²) in [6.45, 7) is 2.09. The SMILES string of the molecule is C[C@@H]1CN(C(=O)CCNc2ccc(C(F)(F)F)cc2[N+](=O)[O-])C[C@H]1C(=O)O. The number of halogens is 3. The maximum absolute atomic E-state index is 12.7. The summed E-state index contributed by atoms with van der Waals surface area (Å²) in [4.78, 5) is 34.7. The van der Waals surface area contributed by atoms with Gasteiger partial charge in [0.05, 0.1) is 16.4 Å². The van der Waals surface area contributed by atoms with Crippen molar-refractivity contribution in [2.45, 2.75) is 19.5 Å². The highest BCUT2D eigenvalue weighted by Gasteiger charge is 2.36. The number of carboxylic acid groups (broad SMARTS) is 1. The van der Waals surface area contributed by atoms with Crippen LogP contribution in [0.3, 0.4) is 0 Å². The minimum atomic E-state index is -4.70. The Kier molecular flexibility index (Phi) is 5.91. The van der Waals surface area contributed by atoms with Gasteiger partial charge in [0.2, 0.25) is 5.91 Å². The Bertz CT molecular complexity index is 753. The molecule has 0 radical (unpaired) electrons. The van der Waals surface area contributed by atoms with Gasteiger partial charge in [0.25, 0.3) is 5.69 Å². The van der Waals surface area contributed by atoms with E-state index < -0.39 is 34.2 Å². The Morgan fingerprint density at radius 2 is 2.04 bits per heavy atom. The second kappa shape index (κ2) is 7.80. The maximum atomic E-state index is 12.7. The fourth-order valence-corrected chi connectivity index (χ4v) is 2.96. The van der Waals surface area contributed by atoms with Gasteiger partial charge < -0.3 is 15.3 Å². The first-order valence-corrected chi connectivity index (χ1v) is 8.10. The molecule has 1 heterocycles. The van der Waals surface area contributed by atoms with Gasteiger partial charge in [-0.1, -0.05) is 6.92 Å². The van der Waals surface area contributed by atoms with Crippen LogP contribution in [0.15, 0.2) is 18.2 Å². The van der Waals surface area contributed by atoms with E-state index in [1.54, 1.807) is 6.92 Å². The third-order valence-electron chi connectivity index (χ3n) is 4.46. The number of nitro benzene ring substituents is 1. The molecule has 11 heteroatoms. The van der Waals surface area contributed by atoms with Gasteiger partial charge in [-0.2, -0.15) is 13.2 Å². The van der Waals surface area contributed by atoms with Gasteiger partial charge in [-0.25, -0.2) is 0 Å². The summed E-state index contributed by atoms with van der Waals surface area (Å²) in [5, 5.41) is 22.7. The lowest BCUT2D eigenvalue weighted by Gasteiger charge is -2.16. The molecule has 27 heavy (non-hydrogen) atoms. The number of benzene rings is 1. The molecule has 1 aliphatic heterocycles. The molecule has 2 rings (SSSR count). The van der Waals surface area contributed by atoms with Gasteiger partial charge in [-0.15, -0.1) is 0 Å². The Balaban J connectivity index is 1.98. The zero-order chi connectivity index (χ0) is 20.4. The van der Waals surface area contributed by atoms with Gasteiger partial charge in [0.1, 0.15) is 5.69 Å². The zero-order valence-electron chi connectivity index (χ0n) is 14.3. The predicted molar refractivity (Wildman–Crippen MR) is 88.1 cm³/mol. The number of carbonyl (C=O) groups excluding carboxylic acids is 1. The number of hydrogen-bond acceptors (Lipinski definition) is 5. The monoisotopic (exact) mass is 389 g/mol. The van der Waals surface area contributed by atoms with Gasteiger partial charge in [0, 0.05) is 32.1 Å². The predicted octanol–water partition coefficient (Wildman–Crippen LogP) is 2.59. The molecule has 1 aromatic rings. The summed E-state index contributed by atoms with van der Waals surface area (Å²) >= 11 is 0. The molecule has 148 valence electrons. The smallest absolute Gasteiger partial charge is 0.416 e. The molecule has 0 aromatic heterocycles. The Hall–Kier alpha value is -2.85. The van der Waals surface area contributed by atoms with Crippen LogP contribution in [0.4, 0.5) is 24.5 Å². The number of hydrogen-bond donors (Lipinski definition) is 2. The van der Waals surface area contributed by atoms with E-state index in [1.807, 2.05) is 0 Å². The number of amides is 1. The molecule has 0 spiro atoms. The second-order valence-electron chi connectivity index (χ2n) is 6.38. The van der Waals surface area contributed by atoms with Gasteiger partial charge >= 0.3 is 12.1 Å². The van der Waals surface area contributed by atoms with Crippen LogP contribution < -0.4 is 5.32 Å². The lowest BCUT2D eigenvalue weighted by molar-refractivity contribution is -0.384. The van der Waals surface area contributed by atoms with Crippen molar-refractivity contribution >= 4 is 23.3 Å². The lowest BCUT2D eigenvalue weighted by Crippen LogP contribution is -2.31. The highest BCUT2D eigenvalue weighted by molar-refractivity contribution is 5.79. The summed E-state index contributed by atoms with van der Waals surface area (Å²) in [6, 6.07) is 2.10. The zero-order valence-corrected chi connectivity index (χ0v) is 14.3. The molecule has 1 amide bonds. The molecule has 2 N–H and O–H groups in total. The highest BCUT2D eigenvalue weighted by atomic mass is 19.4. The van der Waals surface area contributed by atoms with Crippen molar-refractivity contribution in [3.05, 3.63) is 33.9 Å². The topological polar surface area (TPSA) is 113 Å². The number of aliphatic carboxylic acids is 1. The number of alkyl halides is 3. The molecule has 1 aliphatic rings. The first-order valence-electron chi connectivity index (χ1n) is 8.10. The fraction of sp³-hybridized carbons (Fsp3) is 0.500. The van der Waals surface area contributed by atoms with Crippen molar-refractivity contribution in [1.29, 1.82) is 0 Å².